The molecule has 1 saturated carbocycles. The minimum atomic E-state index is 0.112. The quantitative estimate of drug-likeness (QED) is 0.590. The van der Waals surface area contributed by atoms with Crippen LogP contribution in [0, 0.1) is 5.92 Å². The molecule has 1 heterocycles. The summed E-state index contributed by atoms with van der Waals surface area (Å²) in [7, 11) is 0. The highest BCUT2D eigenvalue weighted by atomic mass is 16.2. The van der Waals surface area contributed by atoms with E-state index in [1.165, 1.54) is 19.3 Å². The molecule has 2 fully saturated rings. The molecule has 1 amide bonds. The van der Waals surface area contributed by atoms with Crippen LogP contribution >= 0.6 is 0 Å². The predicted molar refractivity (Wildman–Crippen MR) is 46.8 cm³/mol. The van der Waals surface area contributed by atoms with Crippen LogP contribution in [0.2, 0.25) is 0 Å². The maximum absolute atomic E-state index is 11.5. The number of hydrogen-bond donors (Lipinski definition) is 2. The van der Waals surface area contributed by atoms with E-state index in [9.17, 15) is 4.79 Å². The van der Waals surface area contributed by atoms with Gasteiger partial charge in [-0.05, 0) is 31.7 Å². The number of carbonyl (C=O) groups excluding carboxylic acids is 1. The zero-order valence-corrected chi connectivity index (χ0v) is 7.31. The highest BCUT2D eigenvalue weighted by molar-refractivity contribution is 5.82. The molecule has 1 unspecified atom stereocenters. The van der Waals surface area contributed by atoms with Crippen molar-refractivity contribution in [1.82, 2.24) is 10.6 Å². The standard InChI is InChI=1S/C9H16N2O/c12-9-8(7-3-1-4-7)10-5-2-6-11-9/h7-8,10H,1-6H2,(H,11,12). The lowest BCUT2D eigenvalue weighted by Gasteiger charge is -2.32. The second-order valence-corrected chi connectivity index (χ2v) is 3.77. The van der Waals surface area contributed by atoms with E-state index in [0.29, 0.717) is 5.92 Å². The fourth-order valence-corrected chi connectivity index (χ4v) is 1.91. The third-order valence-electron chi connectivity index (χ3n) is 2.92. The van der Waals surface area contributed by atoms with Crippen molar-refractivity contribution in [2.45, 2.75) is 31.7 Å². The molecule has 0 aromatic carbocycles. The maximum Gasteiger partial charge on any atom is 0.237 e. The lowest BCUT2D eigenvalue weighted by atomic mass is 9.79. The minimum Gasteiger partial charge on any atom is -0.355 e. The van der Waals surface area contributed by atoms with Crippen molar-refractivity contribution in [3.8, 4) is 0 Å². The summed E-state index contributed by atoms with van der Waals surface area (Å²) in [6.45, 7) is 1.83. The van der Waals surface area contributed by atoms with Crippen molar-refractivity contribution in [2.24, 2.45) is 5.92 Å². The van der Waals surface area contributed by atoms with E-state index >= 15 is 0 Å². The van der Waals surface area contributed by atoms with Gasteiger partial charge in [-0.2, -0.15) is 0 Å². The van der Waals surface area contributed by atoms with Crippen LogP contribution in [0.15, 0.2) is 0 Å². The van der Waals surface area contributed by atoms with E-state index in [1.807, 2.05) is 0 Å². The van der Waals surface area contributed by atoms with Crippen molar-refractivity contribution in [3.05, 3.63) is 0 Å². The summed E-state index contributed by atoms with van der Waals surface area (Å²) >= 11 is 0. The average Bonchev–Trinajstić information content (AvgIpc) is 2.13. The monoisotopic (exact) mass is 168 g/mol. The van der Waals surface area contributed by atoms with Gasteiger partial charge in [-0.1, -0.05) is 6.42 Å². The van der Waals surface area contributed by atoms with Crippen molar-refractivity contribution in [2.75, 3.05) is 13.1 Å². The summed E-state index contributed by atoms with van der Waals surface area (Å²) in [6.07, 6.45) is 4.82. The summed E-state index contributed by atoms with van der Waals surface area (Å²) in [4.78, 5) is 11.5. The van der Waals surface area contributed by atoms with E-state index in [0.717, 1.165) is 19.5 Å². The van der Waals surface area contributed by atoms with Crippen LogP contribution in [0.3, 0.4) is 0 Å². The van der Waals surface area contributed by atoms with Gasteiger partial charge in [0, 0.05) is 6.54 Å². The number of rotatable bonds is 1. The van der Waals surface area contributed by atoms with Crippen LogP contribution in [0.1, 0.15) is 25.7 Å². The molecule has 0 aromatic rings. The maximum atomic E-state index is 11.5. The Labute approximate surface area is 72.9 Å². The Morgan fingerprint density at radius 2 is 2.00 bits per heavy atom. The van der Waals surface area contributed by atoms with Crippen molar-refractivity contribution >= 4 is 5.91 Å². The Hall–Kier alpha value is -0.570. The molecule has 1 saturated heterocycles. The third-order valence-corrected chi connectivity index (χ3v) is 2.92. The third kappa shape index (κ3) is 1.46. The molecule has 0 spiro atoms. The van der Waals surface area contributed by atoms with Gasteiger partial charge in [-0.15, -0.1) is 0 Å². The van der Waals surface area contributed by atoms with E-state index in [2.05, 4.69) is 10.6 Å². The molecule has 3 nitrogen and oxygen atoms in total. The molecule has 1 aliphatic heterocycles. The van der Waals surface area contributed by atoms with Gasteiger partial charge in [0.25, 0.3) is 0 Å². The molecule has 0 aromatic heterocycles. The Morgan fingerprint density at radius 1 is 1.17 bits per heavy atom. The topological polar surface area (TPSA) is 41.1 Å². The highest BCUT2D eigenvalue weighted by Gasteiger charge is 2.32. The predicted octanol–water partition coefficient (Wildman–Crippen LogP) is 0.265. The highest BCUT2D eigenvalue weighted by Crippen LogP contribution is 2.29. The zero-order valence-electron chi connectivity index (χ0n) is 7.31. The Balaban J connectivity index is 1.95. The Kier molecular flexibility index (Phi) is 2.30. The second-order valence-electron chi connectivity index (χ2n) is 3.77. The Bertz CT molecular complexity index is 177. The van der Waals surface area contributed by atoms with E-state index in [1.54, 1.807) is 0 Å². The normalized spacial score (nSPS) is 32.0. The van der Waals surface area contributed by atoms with E-state index in [4.69, 9.17) is 0 Å². The first-order chi connectivity index (χ1) is 5.88. The van der Waals surface area contributed by atoms with Gasteiger partial charge in [-0.25, -0.2) is 0 Å². The first kappa shape index (κ1) is 8.05. The SMILES string of the molecule is O=C1NCCCNC1C1CCC1. The Morgan fingerprint density at radius 3 is 2.67 bits per heavy atom. The zero-order chi connectivity index (χ0) is 8.39. The van der Waals surface area contributed by atoms with E-state index in [-0.39, 0.29) is 11.9 Å². The molecule has 2 N–H and O–H groups in total. The van der Waals surface area contributed by atoms with Crippen LogP contribution in [-0.2, 0) is 4.79 Å². The van der Waals surface area contributed by atoms with Crippen LogP contribution in [-0.4, -0.2) is 25.0 Å². The molecule has 68 valence electrons. The first-order valence-electron chi connectivity index (χ1n) is 4.89. The average molecular weight is 168 g/mol. The van der Waals surface area contributed by atoms with Crippen molar-refractivity contribution in [1.29, 1.82) is 0 Å². The summed E-state index contributed by atoms with van der Waals surface area (Å²) in [5.74, 6) is 0.834. The van der Waals surface area contributed by atoms with Crippen LogP contribution < -0.4 is 10.6 Å². The molecule has 1 atom stereocenters. The first-order valence-corrected chi connectivity index (χ1v) is 4.89. The lowest BCUT2D eigenvalue weighted by Crippen LogP contribution is -2.48. The molecular formula is C9H16N2O. The van der Waals surface area contributed by atoms with Crippen molar-refractivity contribution < 1.29 is 4.79 Å². The molecule has 1 aliphatic carbocycles. The molecule has 0 radical (unpaired) electrons. The van der Waals surface area contributed by atoms with Gasteiger partial charge in [0.15, 0.2) is 0 Å². The van der Waals surface area contributed by atoms with Gasteiger partial charge in [0.05, 0.1) is 6.04 Å². The summed E-state index contributed by atoms with van der Waals surface area (Å²) in [5, 5.41) is 6.26. The van der Waals surface area contributed by atoms with Gasteiger partial charge >= 0.3 is 0 Å². The van der Waals surface area contributed by atoms with Gasteiger partial charge < -0.3 is 10.6 Å². The van der Waals surface area contributed by atoms with Gasteiger partial charge in [0.2, 0.25) is 5.91 Å². The van der Waals surface area contributed by atoms with Crippen LogP contribution in [0.25, 0.3) is 0 Å². The number of amides is 1. The lowest BCUT2D eigenvalue weighted by molar-refractivity contribution is -0.124. The summed E-state index contributed by atoms with van der Waals surface area (Å²) < 4.78 is 0. The molecule has 3 heteroatoms. The smallest absolute Gasteiger partial charge is 0.237 e. The minimum absolute atomic E-state index is 0.112. The molecule has 0 bridgehead atoms. The largest absolute Gasteiger partial charge is 0.355 e. The van der Waals surface area contributed by atoms with Crippen LogP contribution in [0.4, 0.5) is 0 Å². The summed E-state index contributed by atoms with van der Waals surface area (Å²) in [6, 6.07) is 0.112. The van der Waals surface area contributed by atoms with Gasteiger partial charge in [0.1, 0.15) is 0 Å². The fourth-order valence-electron chi connectivity index (χ4n) is 1.91. The number of nitrogens with one attached hydrogen (secondary N) is 2. The second kappa shape index (κ2) is 3.44. The molecule has 2 rings (SSSR count). The van der Waals surface area contributed by atoms with Gasteiger partial charge in [-0.3, -0.25) is 4.79 Å². The molecule has 2 aliphatic rings. The molecule has 12 heavy (non-hydrogen) atoms. The molecular weight excluding hydrogens is 152 g/mol. The number of hydrogen-bond acceptors (Lipinski definition) is 2. The summed E-state index contributed by atoms with van der Waals surface area (Å²) in [5.41, 5.74) is 0. The van der Waals surface area contributed by atoms with Crippen molar-refractivity contribution in [3.63, 3.8) is 0 Å². The van der Waals surface area contributed by atoms with Crippen LogP contribution in [0.5, 0.6) is 0 Å². The number of carbonyl (C=O) groups is 1. The fraction of sp³-hybridized carbons (Fsp3) is 0.889. The van der Waals surface area contributed by atoms with E-state index < -0.39 is 0 Å².